The summed E-state index contributed by atoms with van der Waals surface area (Å²) in [6.45, 7) is 6.58. The van der Waals surface area contributed by atoms with Crippen LogP contribution in [0.5, 0.6) is 0 Å². The Morgan fingerprint density at radius 3 is 3.15 bits per heavy atom. The van der Waals surface area contributed by atoms with Crippen LogP contribution < -0.4 is 5.32 Å². The van der Waals surface area contributed by atoms with Gasteiger partial charge in [0.05, 0.1) is 6.10 Å². The van der Waals surface area contributed by atoms with E-state index in [0.29, 0.717) is 0 Å². The largest absolute Gasteiger partial charge is 0.377 e. The van der Waals surface area contributed by atoms with Gasteiger partial charge in [-0.1, -0.05) is 0 Å². The van der Waals surface area contributed by atoms with E-state index in [0.717, 1.165) is 24.7 Å². The number of hydrogen-bond donors (Lipinski definition) is 1. The van der Waals surface area contributed by atoms with E-state index in [1.54, 1.807) is 11.3 Å². The predicted molar refractivity (Wildman–Crippen MR) is 54.9 cm³/mol. The normalized spacial score (nSPS) is 13.1. The summed E-state index contributed by atoms with van der Waals surface area (Å²) in [6, 6.07) is 0. The lowest BCUT2D eigenvalue weighted by molar-refractivity contribution is 0.0759. The van der Waals surface area contributed by atoms with Crippen LogP contribution in [0.2, 0.25) is 0 Å². The summed E-state index contributed by atoms with van der Waals surface area (Å²) in [5, 5.41) is 6.41. The fourth-order valence-electron chi connectivity index (χ4n) is 1.07. The van der Waals surface area contributed by atoms with Gasteiger partial charge in [0.2, 0.25) is 0 Å². The van der Waals surface area contributed by atoms with Crippen LogP contribution in [0, 0.1) is 0 Å². The maximum absolute atomic E-state index is 5.38. The van der Waals surface area contributed by atoms with Gasteiger partial charge in [-0.3, -0.25) is 0 Å². The summed E-state index contributed by atoms with van der Waals surface area (Å²) in [7, 11) is 0. The number of hydrogen-bond acceptors (Lipinski definition) is 4. The highest BCUT2D eigenvalue weighted by atomic mass is 32.1. The molecule has 1 aromatic heterocycles. The predicted octanol–water partition coefficient (Wildman–Crippen LogP) is 1.66. The lowest BCUT2D eigenvalue weighted by atomic mass is 10.4. The van der Waals surface area contributed by atoms with Crippen LogP contribution in [0.4, 0.5) is 0 Å². The molecule has 1 atom stereocenters. The molecule has 0 saturated carbocycles. The van der Waals surface area contributed by atoms with Gasteiger partial charge in [0.15, 0.2) is 0 Å². The molecule has 0 aliphatic heterocycles. The minimum absolute atomic E-state index is 0.282. The first kappa shape index (κ1) is 10.6. The third kappa shape index (κ3) is 4.36. The number of ether oxygens (including phenoxy) is 1. The summed E-state index contributed by atoms with van der Waals surface area (Å²) >= 11 is 1.67. The smallest absolute Gasteiger partial charge is 0.106 e. The van der Waals surface area contributed by atoms with Crippen molar-refractivity contribution in [3.63, 3.8) is 0 Å². The van der Waals surface area contributed by atoms with Crippen LogP contribution in [-0.4, -0.2) is 24.2 Å². The van der Waals surface area contributed by atoms with E-state index in [1.807, 2.05) is 18.5 Å². The van der Waals surface area contributed by atoms with Crippen molar-refractivity contribution in [3.8, 4) is 0 Å². The second kappa shape index (κ2) is 6.07. The fraction of sp³-hybridized carbons (Fsp3) is 0.667. The van der Waals surface area contributed by atoms with Gasteiger partial charge in [0.25, 0.3) is 0 Å². The number of nitrogens with zero attached hydrogens (tertiary/aromatic N) is 1. The van der Waals surface area contributed by atoms with Crippen LogP contribution in [0.25, 0.3) is 0 Å². The standard InChI is InChI=1S/C9H16N2OS/c1-3-12-8(2)6-10-7-9-11-4-5-13-9/h4-5,8,10H,3,6-7H2,1-2H3. The highest BCUT2D eigenvalue weighted by Gasteiger charge is 2.00. The van der Waals surface area contributed by atoms with Gasteiger partial charge in [-0.05, 0) is 13.8 Å². The van der Waals surface area contributed by atoms with Gasteiger partial charge < -0.3 is 10.1 Å². The summed E-state index contributed by atoms with van der Waals surface area (Å²) in [5.74, 6) is 0. The molecule has 1 rings (SSSR count). The van der Waals surface area contributed by atoms with Gasteiger partial charge in [-0.15, -0.1) is 11.3 Å². The van der Waals surface area contributed by atoms with Crippen LogP contribution in [0.1, 0.15) is 18.9 Å². The van der Waals surface area contributed by atoms with Crippen molar-refractivity contribution in [1.29, 1.82) is 0 Å². The average Bonchev–Trinajstić information content (AvgIpc) is 2.57. The Hall–Kier alpha value is -0.450. The Morgan fingerprint density at radius 2 is 2.54 bits per heavy atom. The lowest BCUT2D eigenvalue weighted by Crippen LogP contribution is -2.26. The number of thiazole rings is 1. The second-order valence-electron chi connectivity index (χ2n) is 2.82. The summed E-state index contributed by atoms with van der Waals surface area (Å²) in [4.78, 5) is 4.17. The molecule has 0 radical (unpaired) electrons. The maximum Gasteiger partial charge on any atom is 0.106 e. The Bertz CT molecular complexity index is 213. The van der Waals surface area contributed by atoms with Gasteiger partial charge in [0.1, 0.15) is 5.01 Å². The average molecular weight is 200 g/mol. The molecule has 4 heteroatoms. The summed E-state index contributed by atoms with van der Waals surface area (Å²) in [5.41, 5.74) is 0. The number of nitrogens with one attached hydrogen (secondary N) is 1. The van der Waals surface area contributed by atoms with E-state index in [9.17, 15) is 0 Å². The van der Waals surface area contributed by atoms with Gasteiger partial charge in [0, 0.05) is 31.3 Å². The van der Waals surface area contributed by atoms with E-state index < -0.39 is 0 Å². The van der Waals surface area contributed by atoms with Crippen LogP contribution >= 0.6 is 11.3 Å². The first-order chi connectivity index (χ1) is 6.33. The zero-order chi connectivity index (χ0) is 9.52. The van der Waals surface area contributed by atoms with Gasteiger partial charge >= 0.3 is 0 Å². The summed E-state index contributed by atoms with van der Waals surface area (Å²) in [6.07, 6.45) is 2.11. The molecule has 0 fully saturated rings. The van der Waals surface area contributed by atoms with Crippen LogP contribution in [-0.2, 0) is 11.3 Å². The Balaban J connectivity index is 2.07. The van der Waals surface area contributed by atoms with Crippen molar-refractivity contribution in [2.75, 3.05) is 13.2 Å². The molecule has 74 valence electrons. The molecule has 3 nitrogen and oxygen atoms in total. The van der Waals surface area contributed by atoms with Crippen LogP contribution in [0.15, 0.2) is 11.6 Å². The highest BCUT2D eigenvalue weighted by molar-refractivity contribution is 7.09. The van der Waals surface area contributed by atoms with E-state index in [2.05, 4.69) is 17.2 Å². The monoisotopic (exact) mass is 200 g/mol. The van der Waals surface area contributed by atoms with Crippen LogP contribution in [0.3, 0.4) is 0 Å². The molecule has 1 N–H and O–H groups in total. The maximum atomic E-state index is 5.38. The SMILES string of the molecule is CCOC(C)CNCc1nccs1. The second-order valence-corrected chi connectivity index (χ2v) is 3.80. The molecular weight excluding hydrogens is 184 g/mol. The quantitative estimate of drug-likeness (QED) is 0.758. The zero-order valence-corrected chi connectivity index (χ0v) is 8.93. The first-order valence-corrected chi connectivity index (χ1v) is 5.41. The Kier molecular flexibility index (Phi) is 4.97. The minimum atomic E-state index is 0.282. The topological polar surface area (TPSA) is 34.1 Å². The molecule has 1 aromatic rings. The van der Waals surface area contributed by atoms with Crippen molar-refractivity contribution < 1.29 is 4.74 Å². The zero-order valence-electron chi connectivity index (χ0n) is 8.12. The van der Waals surface area contributed by atoms with Crippen molar-refractivity contribution in [1.82, 2.24) is 10.3 Å². The highest BCUT2D eigenvalue weighted by Crippen LogP contribution is 2.02. The molecule has 0 aliphatic carbocycles. The molecule has 13 heavy (non-hydrogen) atoms. The number of aromatic nitrogens is 1. The lowest BCUT2D eigenvalue weighted by Gasteiger charge is -2.11. The molecule has 0 saturated heterocycles. The molecule has 1 unspecified atom stereocenters. The molecule has 0 aliphatic rings. The molecule has 0 aromatic carbocycles. The van der Waals surface area contributed by atoms with Crippen molar-refractivity contribution >= 4 is 11.3 Å². The van der Waals surface area contributed by atoms with E-state index >= 15 is 0 Å². The van der Waals surface area contributed by atoms with Gasteiger partial charge in [-0.2, -0.15) is 0 Å². The van der Waals surface area contributed by atoms with Crippen molar-refractivity contribution in [2.24, 2.45) is 0 Å². The third-order valence-corrected chi connectivity index (χ3v) is 2.42. The van der Waals surface area contributed by atoms with Crippen molar-refractivity contribution in [2.45, 2.75) is 26.5 Å². The molecular formula is C9H16N2OS. The molecule has 0 amide bonds. The molecule has 0 bridgehead atoms. The van der Waals surface area contributed by atoms with E-state index in [-0.39, 0.29) is 6.10 Å². The Labute approximate surface area is 83.1 Å². The van der Waals surface area contributed by atoms with E-state index in [4.69, 9.17) is 4.74 Å². The third-order valence-electron chi connectivity index (χ3n) is 1.64. The Morgan fingerprint density at radius 1 is 1.69 bits per heavy atom. The molecule has 0 spiro atoms. The number of rotatable bonds is 6. The minimum Gasteiger partial charge on any atom is -0.377 e. The summed E-state index contributed by atoms with van der Waals surface area (Å²) < 4.78 is 5.38. The van der Waals surface area contributed by atoms with Crippen molar-refractivity contribution in [3.05, 3.63) is 16.6 Å². The fourth-order valence-corrected chi connectivity index (χ4v) is 1.65. The first-order valence-electron chi connectivity index (χ1n) is 4.53. The van der Waals surface area contributed by atoms with E-state index in [1.165, 1.54) is 0 Å². The van der Waals surface area contributed by atoms with Gasteiger partial charge in [-0.25, -0.2) is 4.98 Å². The molecule has 1 heterocycles.